The standard InChI is InChI=1S/C24H28N6O2/c1-16-11-26-19(14-25-16)21-18(22(31)28-12-17-9-7-6-8-10-17)13-27-20(29-21)15-30(5)23(32)24(2,3)4/h6-11,13-14H,12,15H2,1-5H3,(H,28,31). The number of aryl methyl sites for hydroxylation is 1. The summed E-state index contributed by atoms with van der Waals surface area (Å²) < 4.78 is 0. The Kier molecular flexibility index (Phi) is 6.92. The number of nitrogens with one attached hydrogen (secondary N) is 1. The molecule has 1 N–H and O–H groups in total. The molecule has 0 bridgehead atoms. The van der Waals surface area contributed by atoms with E-state index in [1.165, 1.54) is 6.20 Å². The van der Waals surface area contributed by atoms with Gasteiger partial charge in [-0.15, -0.1) is 0 Å². The molecule has 0 spiro atoms. The summed E-state index contributed by atoms with van der Waals surface area (Å²) in [5.74, 6) is 0.0847. The van der Waals surface area contributed by atoms with Gasteiger partial charge in [0.15, 0.2) is 0 Å². The fourth-order valence-electron chi connectivity index (χ4n) is 3.10. The molecule has 166 valence electrons. The highest BCUT2D eigenvalue weighted by atomic mass is 16.2. The summed E-state index contributed by atoms with van der Waals surface area (Å²) in [5, 5.41) is 2.90. The molecule has 0 atom stereocenters. The molecular weight excluding hydrogens is 404 g/mol. The van der Waals surface area contributed by atoms with Crippen LogP contribution >= 0.6 is 0 Å². The summed E-state index contributed by atoms with van der Waals surface area (Å²) in [7, 11) is 1.71. The lowest BCUT2D eigenvalue weighted by Gasteiger charge is -2.25. The molecule has 0 aliphatic carbocycles. The molecule has 1 aromatic carbocycles. The number of benzene rings is 1. The van der Waals surface area contributed by atoms with E-state index in [-0.39, 0.29) is 18.4 Å². The van der Waals surface area contributed by atoms with Crippen molar-refractivity contribution < 1.29 is 9.59 Å². The van der Waals surface area contributed by atoms with Crippen LogP contribution in [-0.4, -0.2) is 43.7 Å². The molecule has 2 aromatic heterocycles. The molecule has 0 saturated heterocycles. The summed E-state index contributed by atoms with van der Waals surface area (Å²) in [6, 6.07) is 9.64. The van der Waals surface area contributed by atoms with Gasteiger partial charge in [-0.2, -0.15) is 0 Å². The monoisotopic (exact) mass is 432 g/mol. The fourth-order valence-corrected chi connectivity index (χ4v) is 3.10. The van der Waals surface area contributed by atoms with Gasteiger partial charge in [0.2, 0.25) is 5.91 Å². The van der Waals surface area contributed by atoms with Gasteiger partial charge in [-0.1, -0.05) is 51.1 Å². The van der Waals surface area contributed by atoms with Crippen molar-refractivity contribution >= 4 is 11.8 Å². The minimum atomic E-state index is -0.517. The molecule has 8 heteroatoms. The first-order valence-electron chi connectivity index (χ1n) is 10.4. The highest BCUT2D eigenvalue weighted by molar-refractivity contribution is 5.99. The normalized spacial score (nSPS) is 11.2. The SMILES string of the molecule is Cc1cnc(-c2nc(CN(C)C(=O)C(C)(C)C)ncc2C(=O)NCc2ccccc2)cn1. The van der Waals surface area contributed by atoms with E-state index in [0.717, 1.165) is 11.3 Å². The zero-order valence-corrected chi connectivity index (χ0v) is 19.1. The molecule has 0 unspecified atom stereocenters. The van der Waals surface area contributed by atoms with Crippen LogP contribution in [0.15, 0.2) is 48.9 Å². The quantitative estimate of drug-likeness (QED) is 0.642. The summed E-state index contributed by atoms with van der Waals surface area (Å²) in [4.78, 5) is 44.7. The van der Waals surface area contributed by atoms with E-state index < -0.39 is 5.41 Å². The maximum absolute atomic E-state index is 12.9. The van der Waals surface area contributed by atoms with Gasteiger partial charge in [0.05, 0.1) is 24.0 Å². The fraction of sp³-hybridized carbons (Fsp3) is 0.333. The first-order valence-corrected chi connectivity index (χ1v) is 10.4. The van der Waals surface area contributed by atoms with E-state index in [1.54, 1.807) is 24.3 Å². The predicted molar refractivity (Wildman–Crippen MR) is 121 cm³/mol. The molecule has 0 fully saturated rings. The summed E-state index contributed by atoms with van der Waals surface area (Å²) >= 11 is 0. The molecule has 3 rings (SSSR count). The minimum Gasteiger partial charge on any atom is -0.348 e. The van der Waals surface area contributed by atoms with Crippen LogP contribution in [0.1, 0.15) is 48.2 Å². The topological polar surface area (TPSA) is 101 Å². The summed E-state index contributed by atoms with van der Waals surface area (Å²) in [6.45, 7) is 8.01. The van der Waals surface area contributed by atoms with Crippen molar-refractivity contribution in [2.75, 3.05) is 7.05 Å². The predicted octanol–water partition coefficient (Wildman–Crippen LogP) is 3.18. The van der Waals surface area contributed by atoms with E-state index in [4.69, 9.17) is 0 Å². The highest BCUT2D eigenvalue weighted by Crippen LogP contribution is 2.21. The minimum absolute atomic E-state index is 0.0255. The Morgan fingerprint density at radius 1 is 1.00 bits per heavy atom. The molecule has 3 aromatic rings. The number of amides is 2. The Morgan fingerprint density at radius 3 is 2.34 bits per heavy atom. The van der Waals surface area contributed by atoms with Gasteiger partial charge in [0.25, 0.3) is 5.91 Å². The van der Waals surface area contributed by atoms with Crippen molar-refractivity contribution in [3.63, 3.8) is 0 Å². The van der Waals surface area contributed by atoms with Gasteiger partial charge in [-0.05, 0) is 12.5 Å². The third-order valence-corrected chi connectivity index (χ3v) is 4.77. The van der Waals surface area contributed by atoms with Crippen LogP contribution < -0.4 is 5.32 Å². The largest absolute Gasteiger partial charge is 0.348 e. The average molecular weight is 433 g/mol. The second-order valence-electron chi connectivity index (χ2n) is 8.67. The third-order valence-electron chi connectivity index (χ3n) is 4.77. The Balaban J connectivity index is 1.90. The van der Waals surface area contributed by atoms with E-state index in [1.807, 2.05) is 58.0 Å². The first kappa shape index (κ1) is 23.0. The van der Waals surface area contributed by atoms with Crippen molar-refractivity contribution in [1.82, 2.24) is 30.2 Å². The summed E-state index contributed by atoms with van der Waals surface area (Å²) in [6.07, 6.45) is 4.69. The lowest BCUT2D eigenvalue weighted by molar-refractivity contribution is -0.138. The van der Waals surface area contributed by atoms with Gasteiger partial charge in [-0.3, -0.25) is 19.6 Å². The molecule has 2 heterocycles. The molecule has 0 radical (unpaired) electrons. The van der Waals surface area contributed by atoms with E-state index in [9.17, 15) is 9.59 Å². The van der Waals surface area contributed by atoms with Gasteiger partial charge in [0.1, 0.15) is 17.2 Å². The third kappa shape index (κ3) is 5.72. The van der Waals surface area contributed by atoms with Crippen molar-refractivity contribution in [2.45, 2.75) is 40.8 Å². The Morgan fingerprint density at radius 2 is 1.72 bits per heavy atom. The average Bonchev–Trinajstić information content (AvgIpc) is 2.77. The van der Waals surface area contributed by atoms with Crippen molar-refractivity contribution in [2.24, 2.45) is 5.41 Å². The molecular formula is C24H28N6O2. The molecule has 0 saturated carbocycles. The Labute approximate surface area is 188 Å². The molecule has 0 aliphatic rings. The highest BCUT2D eigenvalue weighted by Gasteiger charge is 2.26. The lowest BCUT2D eigenvalue weighted by Crippen LogP contribution is -2.36. The van der Waals surface area contributed by atoms with Crippen LogP contribution in [0.3, 0.4) is 0 Å². The first-order chi connectivity index (χ1) is 15.1. The van der Waals surface area contributed by atoms with E-state index in [2.05, 4.69) is 25.3 Å². The van der Waals surface area contributed by atoms with Gasteiger partial charge in [-0.25, -0.2) is 9.97 Å². The van der Waals surface area contributed by atoms with Crippen LogP contribution in [0, 0.1) is 12.3 Å². The zero-order chi connectivity index (χ0) is 23.3. The van der Waals surface area contributed by atoms with Gasteiger partial charge < -0.3 is 10.2 Å². The van der Waals surface area contributed by atoms with Crippen LogP contribution in [0.4, 0.5) is 0 Å². The summed E-state index contributed by atoms with van der Waals surface area (Å²) in [5.41, 5.74) is 2.37. The smallest absolute Gasteiger partial charge is 0.255 e. The Hall–Kier alpha value is -3.68. The van der Waals surface area contributed by atoms with Crippen molar-refractivity contribution in [1.29, 1.82) is 0 Å². The number of nitrogens with zero attached hydrogens (tertiary/aromatic N) is 5. The van der Waals surface area contributed by atoms with Crippen LogP contribution in [0.25, 0.3) is 11.4 Å². The second-order valence-corrected chi connectivity index (χ2v) is 8.67. The maximum Gasteiger partial charge on any atom is 0.255 e. The van der Waals surface area contributed by atoms with Crippen LogP contribution in [0.2, 0.25) is 0 Å². The second kappa shape index (κ2) is 9.64. The number of rotatable bonds is 6. The number of carbonyl (C=O) groups excluding carboxylic acids is 2. The number of hydrogen-bond acceptors (Lipinski definition) is 6. The van der Waals surface area contributed by atoms with Gasteiger partial charge in [0, 0.05) is 31.4 Å². The molecule has 32 heavy (non-hydrogen) atoms. The maximum atomic E-state index is 12.9. The van der Waals surface area contributed by atoms with Crippen molar-refractivity contribution in [3.8, 4) is 11.4 Å². The van der Waals surface area contributed by atoms with Crippen molar-refractivity contribution in [3.05, 3.63) is 71.6 Å². The molecule has 8 nitrogen and oxygen atoms in total. The number of hydrogen-bond donors (Lipinski definition) is 1. The van der Waals surface area contributed by atoms with Gasteiger partial charge >= 0.3 is 0 Å². The van der Waals surface area contributed by atoms with Crippen LogP contribution in [-0.2, 0) is 17.9 Å². The van der Waals surface area contributed by atoms with E-state index >= 15 is 0 Å². The molecule has 0 aliphatic heterocycles. The zero-order valence-electron chi connectivity index (χ0n) is 19.1. The van der Waals surface area contributed by atoms with Crippen LogP contribution in [0.5, 0.6) is 0 Å². The number of aromatic nitrogens is 4. The Bertz CT molecular complexity index is 1090. The van der Waals surface area contributed by atoms with E-state index in [0.29, 0.717) is 29.3 Å². The molecule has 2 amide bonds. The lowest BCUT2D eigenvalue weighted by atomic mass is 9.95. The number of carbonyl (C=O) groups is 2.